The van der Waals surface area contributed by atoms with Crippen LogP contribution in [-0.2, 0) is 42.7 Å². The van der Waals surface area contributed by atoms with Crippen molar-refractivity contribution in [2.45, 2.75) is 129 Å². The first-order valence-corrected chi connectivity index (χ1v) is 15.1. The largest absolute Gasteiger partial charge is 0.479 e. The number of ether oxygens (including phenoxy) is 7. The van der Waals surface area contributed by atoms with E-state index in [0.29, 0.717) is 0 Å². The molecule has 15 N–H and O–H groups in total. The Bertz CT molecular complexity index is 1150. The van der Waals surface area contributed by atoms with E-state index in [-0.39, 0.29) is 0 Å². The van der Waals surface area contributed by atoms with Crippen LogP contribution in [-0.4, -0.2) is 231 Å². The summed E-state index contributed by atoms with van der Waals surface area (Å²) in [5.41, 5.74) is 0. The zero-order chi connectivity index (χ0) is 37.4. The smallest absolute Gasteiger partial charge is 0.364 e. The second-order valence-corrected chi connectivity index (χ2v) is 12.2. The van der Waals surface area contributed by atoms with Crippen molar-refractivity contribution < 1.29 is 119 Å². The van der Waals surface area contributed by atoms with Crippen molar-refractivity contribution in [3.8, 4) is 0 Å². The number of carbonyl (C=O) groups is 2. The van der Waals surface area contributed by atoms with Crippen LogP contribution in [0.15, 0.2) is 0 Å². The number of carboxylic acid groups (broad SMARTS) is 2. The van der Waals surface area contributed by atoms with E-state index >= 15 is 0 Å². The quantitative estimate of drug-likeness (QED) is 0.0883. The second-order valence-electron chi connectivity index (χ2n) is 12.2. The molecule has 4 aliphatic rings. The molecule has 50 heavy (non-hydrogen) atoms. The van der Waals surface area contributed by atoms with Gasteiger partial charge in [-0.05, 0) is 0 Å². The molecule has 0 aromatic carbocycles. The molecule has 24 nitrogen and oxygen atoms in total. The van der Waals surface area contributed by atoms with Crippen LogP contribution >= 0.6 is 0 Å². The molecule has 2 unspecified atom stereocenters. The van der Waals surface area contributed by atoms with Crippen molar-refractivity contribution in [2.75, 3.05) is 19.8 Å². The molecule has 4 rings (SSSR count). The van der Waals surface area contributed by atoms with Crippen LogP contribution in [0.3, 0.4) is 0 Å². The van der Waals surface area contributed by atoms with Gasteiger partial charge in [0.25, 0.3) is 5.79 Å². The Morgan fingerprint density at radius 3 is 1.84 bits per heavy atom. The predicted octanol–water partition coefficient (Wildman–Crippen LogP) is -9.81. The Morgan fingerprint density at radius 2 is 1.26 bits per heavy atom. The maximum absolute atomic E-state index is 11.8. The molecular weight excluding hydrogens is 696 g/mol. The maximum Gasteiger partial charge on any atom is 0.364 e. The number of hydrogen-bond acceptors (Lipinski definition) is 22. The van der Waals surface area contributed by atoms with Crippen molar-refractivity contribution in [1.82, 2.24) is 0 Å². The number of rotatable bonds is 12. The summed E-state index contributed by atoms with van der Waals surface area (Å²) in [6, 6.07) is 0. The number of aliphatic carboxylic acids is 2. The van der Waals surface area contributed by atoms with Crippen molar-refractivity contribution in [2.24, 2.45) is 0 Å². The monoisotopic (exact) mass is 738 g/mol. The van der Waals surface area contributed by atoms with Gasteiger partial charge in [0.2, 0.25) is 0 Å². The third-order valence-electron chi connectivity index (χ3n) is 8.75. The third-order valence-corrected chi connectivity index (χ3v) is 8.75. The summed E-state index contributed by atoms with van der Waals surface area (Å²) in [5, 5.41) is 152. The van der Waals surface area contributed by atoms with E-state index in [4.69, 9.17) is 33.2 Å². The molecule has 4 fully saturated rings. The first-order valence-electron chi connectivity index (χ1n) is 15.1. The first kappa shape index (κ1) is 40.9. The van der Waals surface area contributed by atoms with Crippen molar-refractivity contribution in [1.29, 1.82) is 0 Å². The molecule has 0 bridgehead atoms. The minimum atomic E-state index is -3.12. The summed E-state index contributed by atoms with van der Waals surface area (Å²) >= 11 is 0. The second kappa shape index (κ2) is 16.4. The van der Waals surface area contributed by atoms with Crippen LogP contribution in [0.2, 0.25) is 0 Å². The number of aliphatic hydroxyl groups excluding tert-OH is 12. The van der Waals surface area contributed by atoms with E-state index < -0.39 is 161 Å². The Labute approximate surface area is 280 Å². The number of carboxylic acids is 2. The molecule has 0 saturated carbocycles. The fourth-order valence-corrected chi connectivity index (χ4v) is 5.83. The standard InChI is InChI=1S/C26H42O24/c27-2-5(29)18-10(31)6(1-26(43,50-18)25(41)42)45-23-17(38)14(35)19(48-24-16(37)11(32)9(30)7(3-28)46-24)8(47-23)4-44-22-15(36)12(33)13(34)20(49-22)21(39)40/h5-20,22-24,27-38,43H,1-4H2,(H,39,40)(H,41,42)/t5-,6-,7-,8-,9+,10-,11+,12+,13-,14-,15-,16-,17+,18-,19-,20+,22+,23?,24-,26?/m1/s1. The van der Waals surface area contributed by atoms with Gasteiger partial charge in [0.15, 0.2) is 25.0 Å². The number of aliphatic hydroxyl groups is 13. The summed E-state index contributed by atoms with van der Waals surface area (Å²) in [7, 11) is 0. The van der Waals surface area contributed by atoms with Gasteiger partial charge in [-0.3, -0.25) is 0 Å². The van der Waals surface area contributed by atoms with Gasteiger partial charge in [0.05, 0.1) is 25.9 Å². The summed E-state index contributed by atoms with van der Waals surface area (Å²) in [5.74, 6) is -6.89. The van der Waals surface area contributed by atoms with Crippen molar-refractivity contribution in [3.63, 3.8) is 0 Å². The molecule has 20 atom stereocenters. The van der Waals surface area contributed by atoms with Gasteiger partial charge in [0.1, 0.15) is 85.5 Å². The zero-order valence-electron chi connectivity index (χ0n) is 25.7. The van der Waals surface area contributed by atoms with E-state index in [1.807, 2.05) is 0 Å². The lowest BCUT2D eigenvalue weighted by Crippen LogP contribution is -2.67. The molecular formula is C26H42O24. The van der Waals surface area contributed by atoms with Gasteiger partial charge < -0.3 is 110 Å². The molecule has 0 radical (unpaired) electrons. The van der Waals surface area contributed by atoms with Crippen LogP contribution in [0, 0.1) is 0 Å². The zero-order valence-corrected chi connectivity index (χ0v) is 25.7. The van der Waals surface area contributed by atoms with E-state index in [2.05, 4.69) is 0 Å². The van der Waals surface area contributed by atoms with Gasteiger partial charge in [-0.1, -0.05) is 0 Å². The molecule has 290 valence electrons. The number of hydrogen-bond donors (Lipinski definition) is 15. The lowest BCUT2D eigenvalue weighted by molar-refractivity contribution is -0.381. The average molecular weight is 739 g/mol. The molecule has 0 aromatic rings. The Morgan fingerprint density at radius 1 is 0.700 bits per heavy atom. The van der Waals surface area contributed by atoms with Crippen LogP contribution in [0.1, 0.15) is 6.42 Å². The van der Waals surface area contributed by atoms with E-state index in [1.165, 1.54) is 0 Å². The van der Waals surface area contributed by atoms with Crippen molar-refractivity contribution >= 4 is 11.9 Å². The lowest BCUT2D eigenvalue weighted by atomic mass is 9.92. The summed E-state index contributed by atoms with van der Waals surface area (Å²) in [4.78, 5) is 23.3. The normalized spacial score (nSPS) is 49.3. The molecule has 0 aromatic heterocycles. The highest BCUT2D eigenvalue weighted by atomic mass is 16.8. The van der Waals surface area contributed by atoms with Crippen LogP contribution in [0.25, 0.3) is 0 Å². The summed E-state index contributed by atoms with van der Waals surface area (Å²) < 4.78 is 37.4. The molecule has 0 spiro atoms. The van der Waals surface area contributed by atoms with Crippen LogP contribution < -0.4 is 0 Å². The predicted molar refractivity (Wildman–Crippen MR) is 146 cm³/mol. The van der Waals surface area contributed by atoms with Gasteiger partial charge in [-0.25, -0.2) is 9.59 Å². The average Bonchev–Trinajstić information content (AvgIpc) is 3.07. The Hall–Kier alpha value is -1.86. The summed E-state index contributed by atoms with van der Waals surface area (Å²) in [6.45, 7) is -2.92. The van der Waals surface area contributed by atoms with E-state index in [1.54, 1.807) is 0 Å². The summed E-state index contributed by atoms with van der Waals surface area (Å²) in [6.07, 6.45) is -38.9. The fourth-order valence-electron chi connectivity index (χ4n) is 5.83. The fraction of sp³-hybridized carbons (Fsp3) is 0.923. The van der Waals surface area contributed by atoms with Gasteiger partial charge >= 0.3 is 11.9 Å². The Kier molecular flexibility index (Phi) is 13.4. The minimum absolute atomic E-state index is 0.891. The van der Waals surface area contributed by atoms with E-state index in [0.717, 1.165) is 0 Å². The lowest BCUT2D eigenvalue weighted by Gasteiger charge is -2.48. The molecule has 24 heteroatoms. The highest BCUT2D eigenvalue weighted by molar-refractivity contribution is 5.75. The van der Waals surface area contributed by atoms with Crippen LogP contribution in [0.5, 0.6) is 0 Å². The first-order chi connectivity index (χ1) is 23.4. The SMILES string of the molecule is O=C(O)[C@H]1O[C@H](OC[C@H]2OC(O[C@@H]3CC(O)(C(=O)O)O[C@H]([C@H](O)CO)[C@@H]3O)[C@@H](O)[C@@H](O)[C@@H]2O[C@H]2O[C@H](CO)[C@H](O)[C@H](O)[C@H]2O)[C@H](O)[C@@H](O)[C@H]1O. The highest BCUT2D eigenvalue weighted by Gasteiger charge is 2.57. The van der Waals surface area contributed by atoms with Gasteiger partial charge in [0, 0.05) is 6.42 Å². The maximum atomic E-state index is 11.8. The molecule has 0 amide bonds. The molecule has 4 saturated heterocycles. The highest BCUT2D eigenvalue weighted by Crippen LogP contribution is 2.36. The topological polar surface area (TPSA) is 402 Å². The van der Waals surface area contributed by atoms with Gasteiger partial charge in [-0.15, -0.1) is 0 Å². The molecule has 0 aliphatic carbocycles. The molecule has 4 heterocycles. The van der Waals surface area contributed by atoms with Crippen molar-refractivity contribution in [3.05, 3.63) is 0 Å². The van der Waals surface area contributed by atoms with Crippen LogP contribution in [0.4, 0.5) is 0 Å². The minimum Gasteiger partial charge on any atom is -0.479 e. The molecule has 4 aliphatic heterocycles. The van der Waals surface area contributed by atoms with E-state index in [9.17, 15) is 86.2 Å². The third kappa shape index (κ3) is 8.19. The van der Waals surface area contributed by atoms with Gasteiger partial charge in [-0.2, -0.15) is 0 Å². The Balaban J connectivity index is 1.61.